The van der Waals surface area contributed by atoms with Crippen molar-refractivity contribution in [2.75, 3.05) is 37.6 Å². The fraction of sp³-hybridized carbons (Fsp3) is 0.500. The van der Waals surface area contributed by atoms with Crippen molar-refractivity contribution in [1.29, 1.82) is 5.26 Å². The van der Waals surface area contributed by atoms with Crippen molar-refractivity contribution in [3.05, 3.63) is 29.3 Å². The molecule has 1 aliphatic rings. The van der Waals surface area contributed by atoms with E-state index < -0.39 is 0 Å². The lowest BCUT2D eigenvalue weighted by molar-refractivity contribution is 0.101. The van der Waals surface area contributed by atoms with Crippen molar-refractivity contribution in [1.82, 2.24) is 4.90 Å². The molecular weight excluding hydrogens is 250 g/mol. The van der Waals surface area contributed by atoms with Crippen molar-refractivity contribution in [2.24, 2.45) is 0 Å². The molecule has 0 aromatic heterocycles. The fourth-order valence-corrected chi connectivity index (χ4v) is 2.69. The highest BCUT2D eigenvalue weighted by molar-refractivity contribution is 6.00. The first-order chi connectivity index (χ1) is 9.65. The molecule has 0 amide bonds. The molecule has 1 aromatic rings. The number of anilines is 1. The fourth-order valence-electron chi connectivity index (χ4n) is 2.69. The third-order valence-electron chi connectivity index (χ3n) is 3.76. The first-order valence-corrected chi connectivity index (χ1v) is 7.18. The molecule has 0 unspecified atom stereocenters. The Kier molecular flexibility index (Phi) is 4.75. The summed E-state index contributed by atoms with van der Waals surface area (Å²) in [6, 6.07) is 7.48. The summed E-state index contributed by atoms with van der Waals surface area (Å²) in [4.78, 5) is 16.4. The monoisotopic (exact) mass is 271 g/mol. The van der Waals surface area contributed by atoms with Crippen LogP contribution in [0.3, 0.4) is 0 Å². The van der Waals surface area contributed by atoms with Crippen molar-refractivity contribution in [3.8, 4) is 6.07 Å². The minimum Gasteiger partial charge on any atom is -0.368 e. The molecule has 1 aromatic carbocycles. The van der Waals surface area contributed by atoms with Gasteiger partial charge in [0.2, 0.25) is 0 Å². The molecule has 20 heavy (non-hydrogen) atoms. The summed E-state index contributed by atoms with van der Waals surface area (Å²) >= 11 is 0. The van der Waals surface area contributed by atoms with E-state index >= 15 is 0 Å². The van der Waals surface area contributed by atoms with Gasteiger partial charge in [-0.2, -0.15) is 5.26 Å². The summed E-state index contributed by atoms with van der Waals surface area (Å²) in [5.41, 5.74) is 2.24. The third-order valence-corrected chi connectivity index (χ3v) is 3.76. The van der Waals surface area contributed by atoms with Crippen LogP contribution in [0, 0.1) is 11.3 Å². The quantitative estimate of drug-likeness (QED) is 0.788. The summed E-state index contributed by atoms with van der Waals surface area (Å²) < 4.78 is 0. The number of hydrogen-bond acceptors (Lipinski definition) is 4. The average Bonchev–Trinajstić information content (AvgIpc) is 2.47. The number of Topliss-reactive ketones (excluding diaryl/α,β-unsaturated/α-hetero) is 1. The zero-order chi connectivity index (χ0) is 14.5. The van der Waals surface area contributed by atoms with E-state index in [1.54, 1.807) is 19.1 Å². The molecule has 0 atom stereocenters. The van der Waals surface area contributed by atoms with E-state index in [1.807, 2.05) is 6.07 Å². The number of ketones is 1. The SMILES string of the molecule is CCCN1CCN(c2cc(C#N)ccc2C(C)=O)CC1. The van der Waals surface area contributed by atoms with Crippen LogP contribution in [0.5, 0.6) is 0 Å². The maximum absolute atomic E-state index is 11.8. The second kappa shape index (κ2) is 6.53. The predicted molar refractivity (Wildman–Crippen MR) is 80.1 cm³/mol. The maximum Gasteiger partial charge on any atom is 0.161 e. The molecule has 4 heteroatoms. The maximum atomic E-state index is 11.8. The van der Waals surface area contributed by atoms with Crippen LogP contribution in [-0.4, -0.2) is 43.4 Å². The molecule has 2 rings (SSSR count). The van der Waals surface area contributed by atoms with Crippen molar-refractivity contribution in [2.45, 2.75) is 20.3 Å². The lowest BCUT2D eigenvalue weighted by Crippen LogP contribution is -2.47. The van der Waals surface area contributed by atoms with Gasteiger partial charge in [-0.25, -0.2) is 0 Å². The van der Waals surface area contributed by atoms with Crippen LogP contribution >= 0.6 is 0 Å². The summed E-state index contributed by atoms with van der Waals surface area (Å²) in [5, 5.41) is 9.04. The van der Waals surface area contributed by atoms with E-state index in [-0.39, 0.29) is 5.78 Å². The molecule has 1 saturated heterocycles. The standard InChI is InChI=1S/C16H21N3O/c1-3-6-18-7-9-19(10-8-18)16-11-14(12-17)4-5-15(16)13(2)20/h4-5,11H,3,6-10H2,1-2H3. The lowest BCUT2D eigenvalue weighted by Gasteiger charge is -2.36. The molecule has 4 nitrogen and oxygen atoms in total. The summed E-state index contributed by atoms with van der Waals surface area (Å²) in [6.45, 7) is 8.76. The third kappa shape index (κ3) is 3.17. The Morgan fingerprint density at radius 1 is 1.30 bits per heavy atom. The topological polar surface area (TPSA) is 47.3 Å². The first kappa shape index (κ1) is 14.5. The molecule has 0 aliphatic carbocycles. The number of rotatable bonds is 4. The average molecular weight is 271 g/mol. The number of nitrogens with zero attached hydrogens (tertiary/aromatic N) is 3. The van der Waals surface area contributed by atoms with Crippen LogP contribution in [0.4, 0.5) is 5.69 Å². The van der Waals surface area contributed by atoms with E-state index in [2.05, 4.69) is 22.8 Å². The molecule has 106 valence electrons. The van der Waals surface area contributed by atoms with Gasteiger partial charge in [-0.1, -0.05) is 6.92 Å². The minimum atomic E-state index is 0.0560. The van der Waals surface area contributed by atoms with Gasteiger partial charge in [0.25, 0.3) is 0 Å². The number of piperazine rings is 1. The van der Waals surface area contributed by atoms with Crippen LogP contribution in [0.15, 0.2) is 18.2 Å². The van der Waals surface area contributed by atoms with Gasteiger partial charge < -0.3 is 4.90 Å². The zero-order valence-electron chi connectivity index (χ0n) is 12.2. The Balaban J connectivity index is 2.20. The van der Waals surface area contributed by atoms with Crippen molar-refractivity contribution >= 4 is 11.5 Å². The van der Waals surface area contributed by atoms with E-state index in [0.717, 1.165) is 38.4 Å². The largest absolute Gasteiger partial charge is 0.368 e. The van der Waals surface area contributed by atoms with Gasteiger partial charge in [0.15, 0.2) is 5.78 Å². The number of carbonyl (C=O) groups is 1. The van der Waals surface area contributed by atoms with Crippen LogP contribution in [0.25, 0.3) is 0 Å². The normalized spacial score (nSPS) is 15.9. The molecule has 0 radical (unpaired) electrons. The molecular formula is C16H21N3O. The first-order valence-electron chi connectivity index (χ1n) is 7.18. The van der Waals surface area contributed by atoms with E-state index in [9.17, 15) is 4.79 Å². The Bertz CT molecular complexity index is 525. The number of carbonyl (C=O) groups excluding carboxylic acids is 1. The van der Waals surface area contributed by atoms with Gasteiger partial charge in [0, 0.05) is 37.4 Å². The van der Waals surface area contributed by atoms with Crippen LogP contribution < -0.4 is 4.90 Å². The summed E-state index contributed by atoms with van der Waals surface area (Å²) in [6.07, 6.45) is 1.17. The van der Waals surface area contributed by atoms with Gasteiger partial charge in [-0.3, -0.25) is 9.69 Å². The molecule has 1 aliphatic heterocycles. The second-order valence-electron chi connectivity index (χ2n) is 5.23. The van der Waals surface area contributed by atoms with Crippen LogP contribution in [0.2, 0.25) is 0 Å². The van der Waals surface area contributed by atoms with Gasteiger partial charge >= 0.3 is 0 Å². The number of nitriles is 1. The number of hydrogen-bond donors (Lipinski definition) is 0. The molecule has 0 bridgehead atoms. The number of benzene rings is 1. The summed E-state index contributed by atoms with van der Waals surface area (Å²) in [5.74, 6) is 0.0560. The molecule has 1 fully saturated rings. The predicted octanol–water partition coefficient (Wildman–Crippen LogP) is 2.29. The Morgan fingerprint density at radius 3 is 2.55 bits per heavy atom. The highest BCUT2D eigenvalue weighted by Gasteiger charge is 2.20. The molecule has 0 N–H and O–H groups in total. The van der Waals surface area contributed by atoms with E-state index in [1.165, 1.54) is 6.42 Å². The minimum absolute atomic E-state index is 0.0560. The zero-order valence-corrected chi connectivity index (χ0v) is 12.2. The lowest BCUT2D eigenvalue weighted by atomic mass is 10.0. The summed E-state index contributed by atoms with van der Waals surface area (Å²) in [7, 11) is 0. The smallest absolute Gasteiger partial charge is 0.161 e. The van der Waals surface area contributed by atoms with Crippen molar-refractivity contribution in [3.63, 3.8) is 0 Å². The highest BCUT2D eigenvalue weighted by atomic mass is 16.1. The van der Waals surface area contributed by atoms with Gasteiger partial charge in [-0.05, 0) is 38.1 Å². The van der Waals surface area contributed by atoms with Gasteiger partial charge in [0.05, 0.1) is 11.6 Å². The van der Waals surface area contributed by atoms with Crippen molar-refractivity contribution < 1.29 is 4.79 Å². The second-order valence-corrected chi connectivity index (χ2v) is 5.23. The molecule has 1 heterocycles. The van der Waals surface area contributed by atoms with Gasteiger partial charge in [-0.15, -0.1) is 0 Å². The molecule has 0 spiro atoms. The van der Waals surface area contributed by atoms with Gasteiger partial charge in [0.1, 0.15) is 0 Å². The molecule has 0 saturated carbocycles. The van der Waals surface area contributed by atoms with Crippen LogP contribution in [0.1, 0.15) is 36.2 Å². The van der Waals surface area contributed by atoms with E-state index in [4.69, 9.17) is 5.26 Å². The Hall–Kier alpha value is -1.86. The highest BCUT2D eigenvalue weighted by Crippen LogP contribution is 2.24. The Labute approximate surface area is 120 Å². The van der Waals surface area contributed by atoms with Crippen LogP contribution in [-0.2, 0) is 0 Å². The van der Waals surface area contributed by atoms with E-state index in [0.29, 0.717) is 11.1 Å². The Morgan fingerprint density at radius 2 is 2.00 bits per heavy atom.